The SMILES string of the molecule is COCC(NCCc1c[nH]c2ccc(F)cc12)C1CC1. The zero-order valence-electron chi connectivity index (χ0n) is 11.8. The number of benzene rings is 1. The van der Waals surface area contributed by atoms with E-state index in [1.807, 2.05) is 6.20 Å². The number of H-pyrrole nitrogens is 1. The lowest BCUT2D eigenvalue weighted by Gasteiger charge is -2.17. The monoisotopic (exact) mass is 276 g/mol. The second-order valence-corrected chi connectivity index (χ2v) is 5.61. The predicted molar refractivity (Wildman–Crippen MR) is 78.4 cm³/mol. The van der Waals surface area contributed by atoms with E-state index >= 15 is 0 Å². The van der Waals surface area contributed by atoms with Crippen molar-refractivity contribution in [3.8, 4) is 0 Å². The van der Waals surface area contributed by atoms with Crippen LogP contribution in [0.5, 0.6) is 0 Å². The lowest BCUT2D eigenvalue weighted by atomic mass is 10.1. The molecule has 2 N–H and O–H groups in total. The number of hydrogen-bond donors (Lipinski definition) is 2. The van der Waals surface area contributed by atoms with Crippen LogP contribution in [0.25, 0.3) is 10.9 Å². The molecule has 0 amide bonds. The van der Waals surface area contributed by atoms with E-state index in [1.54, 1.807) is 19.2 Å². The first-order chi connectivity index (χ1) is 9.78. The summed E-state index contributed by atoms with van der Waals surface area (Å²) in [6.07, 6.45) is 5.49. The first-order valence-corrected chi connectivity index (χ1v) is 7.26. The van der Waals surface area contributed by atoms with Crippen molar-refractivity contribution in [2.45, 2.75) is 25.3 Å². The zero-order chi connectivity index (χ0) is 13.9. The highest BCUT2D eigenvalue weighted by atomic mass is 19.1. The fourth-order valence-corrected chi connectivity index (χ4v) is 2.79. The van der Waals surface area contributed by atoms with E-state index in [1.165, 1.54) is 24.5 Å². The molecule has 20 heavy (non-hydrogen) atoms. The van der Waals surface area contributed by atoms with Crippen molar-refractivity contribution in [3.05, 3.63) is 35.8 Å². The molecule has 0 radical (unpaired) electrons. The molecule has 1 atom stereocenters. The molecule has 1 unspecified atom stereocenters. The highest BCUT2D eigenvalue weighted by molar-refractivity contribution is 5.83. The number of halogens is 1. The van der Waals surface area contributed by atoms with Crippen LogP contribution < -0.4 is 5.32 Å². The number of nitrogens with one attached hydrogen (secondary N) is 2. The molecule has 2 aromatic rings. The van der Waals surface area contributed by atoms with Crippen molar-refractivity contribution in [1.82, 2.24) is 10.3 Å². The minimum Gasteiger partial charge on any atom is -0.383 e. The van der Waals surface area contributed by atoms with Gasteiger partial charge in [-0.3, -0.25) is 0 Å². The molecule has 108 valence electrons. The Kier molecular flexibility index (Phi) is 4.03. The van der Waals surface area contributed by atoms with E-state index in [0.29, 0.717) is 6.04 Å². The van der Waals surface area contributed by atoms with Gasteiger partial charge in [0.2, 0.25) is 0 Å². The summed E-state index contributed by atoms with van der Waals surface area (Å²) in [6, 6.07) is 5.35. The van der Waals surface area contributed by atoms with Crippen molar-refractivity contribution >= 4 is 10.9 Å². The maximum Gasteiger partial charge on any atom is 0.123 e. The minimum atomic E-state index is -0.179. The number of methoxy groups -OCH3 is 1. The first kappa shape index (κ1) is 13.6. The Hall–Kier alpha value is -1.39. The molecule has 3 nitrogen and oxygen atoms in total. The van der Waals surface area contributed by atoms with Gasteiger partial charge in [0.05, 0.1) is 6.61 Å². The molecule has 1 aromatic carbocycles. The maximum atomic E-state index is 13.3. The summed E-state index contributed by atoms with van der Waals surface area (Å²) in [5.74, 6) is 0.594. The van der Waals surface area contributed by atoms with Gasteiger partial charge in [0, 0.05) is 30.3 Å². The molecule has 1 aromatic heterocycles. The van der Waals surface area contributed by atoms with Crippen LogP contribution >= 0.6 is 0 Å². The Labute approximate surface area is 118 Å². The Morgan fingerprint density at radius 1 is 1.45 bits per heavy atom. The van der Waals surface area contributed by atoms with Gasteiger partial charge in [0.25, 0.3) is 0 Å². The molecule has 1 aliphatic rings. The van der Waals surface area contributed by atoms with Gasteiger partial charge in [0.1, 0.15) is 5.82 Å². The van der Waals surface area contributed by atoms with Crippen LogP contribution in [0.3, 0.4) is 0 Å². The van der Waals surface area contributed by atoms with Gasteiger partial charge in [-0.2, -0.15) is 0 Å². The summed E-state index contributed by atoms with van der Waals surface area (Å²) >= 11 is 0. The molecule has 0 saturated heterocycles. The third-order valence-electron chi connectivity index (χ3n) is 4.07. The highest BCUT2D eigenvalue weighted by Crippen LogP contribution is 2.32. The minimum absolute atomic E-state index is 0.179. The summed E-state index contributed by atoms with van der Waals surface area (Å²) < 4.78 is 18.6. The van der Waals surface area contributed by atoms with Gasteiger partial charge in [0.15, 0.2) is 0 Å². The first-order valence-electron chi connectivity index (χ1n) is 7.26. The van der Waals surface area contributed by atoms with E-state index < -0.39 is 0 Å². The Morgan fingerprint density at radius 2 is 2.30 bits per heavy atom. The van der Waals surface area contributed by atoms with E-state index in [0.717, 1.165) is 36.4 Å². The molecule has 1 fully saturated rings. The van der Waals surface area contributed by atoms with Crippen LogP contribution in [0, 0.1) is 11.7 Å². The molecule has 1 aliphatic carbocycles. The Bertz CT molecular complexity index is 577. The summed E-state index contributed by atoms with van der Waals surface area (Å²) in [6.45, 7) is 1.67. The standard InChI is InChI=1S/C16H21FN2O/c1-20-10-16(11-2-3-11)18-7-6-12-9-19-15-5-4-13(17)8-14(12)15/h4-5,8-9,11,16,18-19H,2-3,6-7,10H2,1H3. The molecule has 3 rings (SSSR count). The van der Waals surface area contributed by atoms with E-state index in [9.17, 15) is 4.39 Å². The number of rotatable bonds is 7. The van der Waals surface area contributed by atoms with Crippen LogP contribution in [0.2, 0.25) is 0 Å². The fraction of sp³-hybridized carbons (Fsp3) is 0.500. The van der Waals surface area contributed by atoms with Crippen molar-refractivity contribution < 1.29 is 9.13 Å². The quantitative estimate of drug-likeness (QED) is 0.816. The highest BCUT2D eigenvalue weighted by Gasteiger charge is 2.30. The zero-order valence-corrected chi connectivity index (χ0v) is 11.8. The lowest BCUT2D eigenvalue weighted by molar-refractivity contribution is 0.158. The van der Waals surface area contributed by atoms with Gasteiger partial charge < -0.3 is 15.0 Å². The molecule has 0 spiro atoms. The van der Waals surface area contributed by atoms with Crippen molar-refractivity contribution in [2.75, 3.05) is 20.3 Å². The molecule has 0 aliphatic heterocycles. The van der Waals surface area contributed by atoms with Gasteiger partial charge in [-0.25, -0.2) is 4.39 Å². The normalized spacial score (nSPS) is 16.7. The van der Waals surface area contributed by atoms with Crippen molar-refractivity contribution in [1.29, 1.82) is 0 Å². The molecular weight excluding hydrogens is 255 g/mol. The van der Waals surface area contributed by atoms with Crippen LogP contribution in [0.15, 0.2) is 24.4 Å². The Morgan fingerprint density at radius 3 is 3.05 bits per heavy atom. The molecule has 4 heteroatoms. The summed E-state index contributed by atoms with van der Waals surface area (Å²) in [5, 5.41) is 4.56. The smallest absolute Gasteiger partial charge is 0.123 e. The number of aromatic amines is 1. The number of fused-ring (bicyclic) bond motifs is 1. The number of aromatic nitrogens is 1. The summed E-state index contributed by atoms with van der Waals surface area (Å²) in [4.78, 5) is 3.19. The largest absolute Gasteiger partial charge is 0.383 e. The van der Waals surface area contributed by atoms with Gasteiger partial charge in [-0.15, -0.1) is 0 Å². The molecule has 0 bridgehead atoms. The topological polar surface area (TPSA) is 37.0 Å². The number of ether oxygens (including phenoxy) is 1. The fourth-order valence-electron chi connectivity index (χ4n) is 2.79. The molecular formula is C16H21FN2O. The van der Waals surface area contributed by atoms with Crippen LogP contribution in [0.1, 0.15) is 18.4 Å². The molecule has 1 heterocycles. The van der Waals surface area contributed by atoms with Crippen LogP contribution in [-0.4, -0.2) is 31.3 Å². The third kappa shape index (κ3) is 3.02. The predicted octanol–water partition coefficient (Wildman–Crippen LogP) is 2.86. The summed E-state index contributed by atoms with van der Waals surface area (Å²) in [5.41, 5.74) is 2.16. The van der Waals surface area contributed by atoms with E-state index in [4.69, 9.17) is 4.74 Å². The molecule has 1 saturated carbocycles. The number of hydrogen-bond acceptors (Lipinski definition) is 2. The third-order valence-corrected chi connectivity index (χ3v) is 4.07. The average Bonchev–Trinajstić information content (AvgIpc) is 3.21. The lowest BCUT2D eigenvalue weighted by Crippen LogP contribution is -2.36. The van der Waals surface area contributed by atoms with Crippen molar-refractivity contribution in [2.24, 2.45) is 5.92 Å². The second kappa shape index (κ2) is 5.94. The van der Waals surface area contributed by atoms with E-state index in [-0.39, 0.29) is 5.82 Å². The van der Waals surface area contributed by atoms with Gasteiger partial charge >= 0.3 is 0 Å². The maximum absolute atomic E-state index is 13.3. The average molecular weight is 276 g/mol. The van der Waals surface area contributed by atoms with E-state index in [2.05, 4.69) is 10.3 Å². The van der Waals surface area contributed by atoms with Crippen LogP contribution in [-0.2, 0) is 11.2 Å². The van der Waals surface area contributed by atoms with Gasteiger partial charge in [-0.05, 0) is 55.5 Å². The van der Waals surface area contributed by atoms with Crippen molar-refractivity contribution in [3.63, 3.8) is 0 Å². The van der Waals surface area contributed by atoms with Crippen LogP contribution in [0.4, 0.5) is 4.39 Å². The summed E-state index contributed by atoms with van der Waals surface area (Å²) in [7, 11) is 1.75. The van der Waals surface area contributed by atoms with Gasteiger partial charge in [-0.1, -0.05) is 0 Å². The second-order valence-electron chi connectivity index (χ2n) is 5.61. The Balaban J connectivity index is 1.60.